The molecule has 0 aliphatic carbocycles. The fourth-order valence-electron chi connectivity index (χ4n) is 1.56. The molecule has 18 heavy (non-hydrogen) atoms. The molecule has 2 aromatic rings. The molecule has 0 amide bonds. The predicted molar refractivity (Wildman–Crippen MR) is 63.4 cm³/mol. The molecule has 0 radical (unpaired) electrons. The zero-order valence-electron chi connectivity index (χ0n) is 10.2. The smallest absolute Gasteiger partial charge is 0.338 e. The van der Waals surface area contributed by atoms with Gasteiger partial charge < -0.3 is 13.9 Å². The van der Waals surface area contributed by atoms with Crippen LogP contribution in [0, 0.1) is 6.92 Å². The SMILES string of the molecule is COC(=O)c1cccc(OCc2cnco2)c1C. The van der Waals surface area contributed by atoms with Crippen molar-refractivity contribution in [3.8, 4) is 5.75 Å². The van der Waals surface area contributed by atoms with E-state index >= 15 is 0 Å². The van der Waals surface area contributed by atoms with Crippen LogP contribution >= 0.6 is 0 Å². The highest BCUT2D eigenvalue weighted by Gasteiger charge is 2.12. The number of rotatable bonds is 4. The van der Waals surface area contributed by atoms with Gasteiger partial charge in [-0.25, -0.2) is 9.78 Å². The number of carbonyl (C=O) groups excluding carboxylic acids is 1. The second-order valence-electron chi connectivity index (χ2n) is 3.68. The van der Waals surface area contributed by atoms with Crippen molar-refractivity contribution in [3.63, 3.8) is 0 Å². The van der Waals surface area contributed by atoms with Crippen LogP contribution in [0.1, 0.15) is 21.7 Å². The van der Waals surface area contributed by atoms with Crippen molar-refractivity contribution in [2.24, 2.45) is 0 Å². The van der Waals surface area contributed by atoms with Gasteiger partial charge in [0.15, 0.2) is 12.2 Å². The summed E-state index contributed by atoms with van der Waals surface area (Å²) in [5.41, 5.74) is 1.23. The van der Waals surface area contributed by atoms with Crippen LogP contribution in [0.25, 0.3) is 0 Å². The Balaban J connectivity index is 2.16. The van der Waals surface area contributed by atoms with Crippen molar-refractivity contribution >= 4 is 5.97 Å². The molecule has 0 aliphatic rings. The Hall–Kier alpha value is -2.30. The number of oxazole rings is 1. The van der Waals surface area contributed by atoms with Crippen molar-refractivity contribution in [1.82, 2.24) is 4.98 Å². The molecule has 0 spiro atoms. The normalized spacial score (nSPS) is 10.1. The molecular formula is C13H13NO4. The van der Waals surface area contributed by atoms with Crippen LogP contribution < -0.4 is 4.74 Å². The summed E-state index contributed by atoms with van der Waals surface area (Å²) in [7, 11) is 1.35. The van der Waals surface area contributed by atoms with Crippen molar-refractivity contribution in [3.05, 3.63) is 47.7 Å². The molecule has 1 aromatic carbocycles. The van der Waals surface area contributed by atoms with E-state index in [1.807, 2.05) is 6.92 Å². The van der Waals surface area contributed by atoms with Crippen LogP contribution in [-0.2, 0) is 11.3 Å². The first-order valence-electron chi connectivity index (χ1n) is 5.40. The van der Waals surface area contributed by atoms with Crippen molar-refractivity contribution in [1.29, 1.82) is 0 Å². The summed E-state index contributed by atoms with van der Waals surface area (Å²) in [6, 6.07) is 5.23. The molecule has 1 aromatic heterocycles. The number of esters is 1. The molecular weight excluding hydrogens is 234 g/mol. The van der Waals surface area contributed by atoms with E-state index in [2.05, 4.69) is 4.98 Å². The fourth-order valence-corrected chi connectivity index (χ4v) is 1.56. The standard InChI is InChI=1S/C13H13NO4/c1-9-11(13(15)16-2)4-3-5-12(9)17-7-10-6-14-8-18-10/h3-6,8H,7H2,1-2H3. The largest absolute Gasteiger partial charge is 0.485 e. The quantitative estimate of drug-likeness (QED) is 0.776. The third-order valence-corrected chi connectivity index (χ3v) is 2.54. The lowest BCUT2D eigenvalue weighted by atomic mass is 10.1. The van der Waals surface area contributed by atoms with Crippen molar-refractivity contribution in [2.75, 3.05) is 7.11 Å². The van der Waals surface area contributed by atoms with Gasteiger partial charge in [0.2, 0.25) is 0 Å². The maximum absolute atomic E-state index is 11.5. The number of aromatic nitrogens is 1. The van der Waals surface area contributed by atoms with Crippen LogP contribution in [0.3, 0.4) is 0 Å². The minimum Gasteiger partial charge on any atom is -0.485 e. The molecule has 0 N–H and O–H groups in total. The highest BCUT2D eigenvalue weighted by atomic mass is 16.5. The number of nitrogens with zero attached hydrogens (tertiary/aromatic N) is 1. The summed E-state index contributed by atoms with van der Waals surface area (Å²) < 4.78 is 15.3. The second kappa shape index (κ2) is 5.35. The van der Waals surface area contributed by atoms with Crippen molar-refractivity contribution in [2.45, 2.75) is 13.5 Å². The molecule has 5 nitrogen and oxygen atoms in total. The van der Waals surface area contributed by atoms with E-state index in [9.17, 15) is 4.79 Å². The van der Waals surface area contributed by atoms with E-state index in [4.69, 9.17) is 13.9 Å². The Kier molecular flexibility index (Phi) is 3.62. The van der Waals surface area contributed by atoms with Gasteiger partial charge in [0.1, 0.15) is 12.4 Å². The summed E-state index contributed by atoms with van der Waals surface area (Å²) in [6.07, 6.45) is 2.93. The number of hydrogen-bond donors (Lipinski definition) is 0. The highest BCUT2D eigenvalue weighted by molar-refractivity contribution is 5.91. The predicted octanol–water partition coefficient (Wildman–Crippen LogP) is 2.35. The Labute approximate surface area is 104 Å². The van der Waals surface area contributed by atoms with E-state index in [1.165, 1.54) is 13.5 Å². The van der Waals surface area contributed by atoms with Gasteiger partial charge in [0.25, 0.3) is 0 Å². The summed E-state index contributed by atoms with van der Waals surface area (Å²) in [6.45, 7) is 2.08. The van der Waals surface area contributed by atoms with Gasteiger partial charge in [0, 0.05) is 5.56 Å². The van der Waals surface area contributed by atoms with Gasteiger partial charge in [-0.3, -0.25) is 0 Å². The van der Waals surface area contributed by atoms with E-state index in [1.54, 1.807) is 24.4 Å². The number of carbonyl (C=O) groups is 1. The third kappa shape index (κ3) is 2.51. The second-order valence-corrected chi connectivity index (χ2v) is 3.68. The lowest BCUT2D eigenvalue weighted by Gasteiger charge is -2.10. The Bertz CT molecular complexity index is 534. The molecule has 5 heteroatoms. The molecule has 0 bridgehead atoms. The van der Waals surface area contributed by atoms with Gasteiger partial charge in [-0.05, 0) is 19.1 Å². The molecule has 2 rings (SSSR count). The molecule has 0 atom stereocenters. The molecule has 0 aliphatic heterocycles. The first kappa shape index (κ1) is 12.2. The molecule has 0 unspecified atom stereocenters. The van der Waals surface area contributed by atoms with Crippen molar-refractivity contribution < 1.29 is 18.7 Å². The summed E-state index contributed by atoms with van der Waals surface area (Å²) >= 11 is 0. The zero-order chi connectivity index (χ0) is 13.0. The highest BCUT2D eigenvalue weighted by Crippen LogP contribution is 2.22. The molecule has 0 fully saturated rings. The molecule has 0 saturated heterocycles. The van der Waals surface area contributed by atoms with Crippen LogP contribution in [0.2, 0.25) is 0 Å². The summed E-state index contributed by atoms with van der Waals surface area (Å²) in [4.78, 5) is 15.3. The number of ether oxygens (including phenoxy) is 2. The lowest BCUT2D eigenvalue weighted by molar-refractivity contribution is 0.0599. The van der Waals surface area contributed by atoms with E-state index in [-0.39, 0.29) is 12.6 Å². The minimum atomic E-state index is -0.377. The minimum absolute atomic E-state index is 0.269. The fraction of sp³-hybridized carbons (Fsp3) is 0.231. The number of methoxy groups -OCH3 is 1. The number of hydrogen-bond acceptors (Lipinski definition) is 5. The van der Waals surface area contributed by atoms with Gasteiger partial charge in [-0.15, -0.1) is 0 Å². The number of benzene rings is 1. The Morgan fingerprint density at radius 1 is 1.44 bits per heavy atom. The van der Waals surface area contributed by atoms with Gasteiger partial charge in [-0.1, -0.05) is 6.07 Å². The average Bonchev–Trinajstić information content (AvgIpc) is 2.90. The van der Waals surface area contributed by atoms with Crippen LogP contribution in [0.4, 0.5) is 0 Å². The lowest BCUT2D eigenvalue weighted by Crippen LogP contribution is -2.05. The Morgan fingerprint density at radius 3 is 2.94 bits per heavy atom. The van der Waals surface area contributed by atoms with Gasteiger partial charge >= 0.3 is 5.97 Å². The monoisotopic (exact) mass is 247 g/mol. The maximum atomic E-state index is 11.5. The molecule has 94 valence electrons. The molecule has 1 heterocycles. The average molecular weight is 247 g/mol. The van der Waals surface area contributed by atoms with Crippen LogP contribution in [-0.4, -0.2) is 18.1 Å². The zero-order valence-corrected chi connectivity index (χ0v) is 10.2. The maximum Gasteiger partial charge on any atom is 0.338 e. The van der Waals surface area contributed by atoms with E-state index in [0.29, 0.717) is 17.1 Å². The van der Waals surface area contributed by atoms with Gasteiger partial charge in [0.05, 0.1) is 18.9 Å². The Morgan fingerprint density at radius 2 is 2.28 bits per heavy atom. The first-order chi connectivity index (χ1) is 8.72. The summed E-state index contributed by atoms with van der Waals surface area (Å²) in [5.74, 6) is 0.866. The summed E-state index contributed by atoms with van der Waals surface area (Å²) in [5, 5.41) is 0. The van der Waals surface area contributed by atoms with Gasteiger partial charge in [-0.2, -0.15) is 0 Å². The van der Waals surface area contributed by atoms with Crippen LogP contribution in [0.15, 0.2) is 35.2 Å². The molecule has 0 saturated carbocycles. The van der Waals surface area contributed by atoms with E-state index in [0.717, 1.165) is 5.56 Å². The van der Waals surface area contributed by atoms with Crippen LogP contribution in [0.5, 0.6) is 5.75 Å². The third-order valence-electron chi connectivity index (χ3n) is 2.54. The topological polar surface area (TPSA) is 61.6 Å². The van der Waals surface area contributed by atoms with E-state index < -0.39 is 0 Å². The first-order valence-corrected chi connectivity index (χ1v) is 5.40.